The minimum absolute atomic E-state index is 0.0680. The molecule has 0 aliphatic carbocycles. The van der Waals surface area contributed by atoms with Gasteiger partial charge in [0.25, 0.3) is 0 Å². The van der Waals surface area contributed by atoms with E-state index in [2.05, 4.69) is 31.4 Å². The molecule has 0 atom stereocenters. The van der Waals surface area contributed by atoms with Crippen molar-refractivity contribution >= 4 is 23.4 Å². The second-order valence-corrected chi connectivity index (χ2v) is 8.92. The predicted octanol–water partition coefficient (Wildman–Crippen LogP) is 5.22. The quantitative estimate of drug-likeness (QED) is 0.521. The summed E-state index contributed by atoms with van der Waals surface area (Å²) in [7, 11) is 0. The number of likely N-dealkylation sites (N-methyl/N-ethyl adjacent to an activating group) is 1. The second kappa shape index (κ2) is 10.3. The Labute approximate surface area is 195 Å². The van der Waals surface area contributed by atoms with Gasteiger partial charge in [-0.3, -0.25) is 4.79 Å². The first-order chi connectivity index (χ1) is 15.7. The summed E-state index contributed by atoms with van der Waals surface area (Å²) in [6, 6.07) is 18.9. The second-order valence-electron chi connectivity index (χ2n) is 8.92. The standard InChI is InChI=1S/C26H33N5O2/c1-6-19-13-11-12-16-21(19)27-25(33)30(7-2)18-24(32)28-23-17-22(26(3,4)5)29-31(23)20-14-9-8-10-15-20/h8-17H,6-7,18H2,1-5H3,(H,27,33)(H,28,32). The van der Waals surface area contributed by atoms with Crippen LogP contribution in [0.1, 0.15) is 45.9 Å². The first-order valence-corrected chi connectivity index (χ1v) is 11.3. The molecule has 1 aromatic heterocycles. The predicted molar refractivity (Wildman–Crippen MR) is 133 cm³/mol. The summed E-state index contributed by atoms with van der Waals surface area (Å²) in [5.74, 6) is 0.289. The molecule has 2 aromatic carbocycles. The summed E-state index contributed by atoms with van der Waals surface area (Å²) in [6.45, 7) is 10.5. The Kier molecular flexibility index (Phi) is 7.53. The van der Waals surface area contributed by atoms with E-state index in [1.807, 2.05) is 74.5 Å². The lowest BCUT2D eigenvalue weighted by Gasteiger charge is -2.22. The van der Waals surface area contributed by atoms with Crippen LogP contribution in [-0.2, 0) is 16.6 Å². The summed E-state index contributed by atoms with van der Waals surface area (Å²) in [5, 5.41) is 10.6. The fourth-order valence-corrected chi connectivity index (χ4v) is 3.43. The minimum Gasteiger partial charge on any atom is -0.315 e. The van der Waals surface area contributed by atoms with Gasteiger partial charge in [-0.25, -0.2) is 9.48 Å². The van der Waals surface area contributed by atoms with Crippen molar-refractivity contribution < 1.29 is 9.59 Å². The van der Waals surface area contributed by atoms with Crippen LogP contribution in [0.3, 0.4) is 0 Å². The Morgan fingerprint density at radius 1 is 0.970 bits per heavy atom. The lowest BCUT2D eigenvalue weighted by molar-refractivity contribution is -0.116. The van der Waals surface area contributed by atoms with E-state index < -0.39 is 0 Å². The van der Waals surface area contributed by atoms with Crippen LogP contribution in [0.2, 0.25) is 0 Å². The third-order valence-corrected chi connectivity index (χ3v) is 5.39. The molecular formula is C26H33N5O2. The maximum absolute atomic E-state index is 12.9. The van der Waals surface area contributed by atoms with Crippen LogP contribution in [0.4, 0.5) is 16.3 Å². The zero-order chi connectivity index (χ0) is 24.0. The highest BCUT2D eigenvalue weighted by Crippen LogP contribution is 2.26. The van der Waals surface area contributed by atoms with E-state index >= 15 is 0 Å². The smallest absolute Gasteiger partial charge is 0.315 e. The van der Waals surface area contributed by atoms with Gasteiger partial charge in [0.05, 0.1) is 11.4 Å². The topological polar surface area (TPSA) is 79.3 Å². The Bertz CT molecular complexity index is 1100. The van der Waals surface area contributed by atoms with Crippen LogP contribution < -0.4 is 10.6 Å². The molecule has 3 aromatic rings. The fraction of sp³-hybridized carbons (Fsp3) is 0.346. The first kappa shape index (κ1) is 24.0. The highest BCUT2D eigenvalue weighted by molar-refractivity contribution is 5.97. The largest absolute Gasteiger partial charge is 0.322 e. The van der Waals surface area contributed by atoms with Crippen molar-refractivity contribution in [2.45, 2.75) is 46.5 Å². The molecule has 3 rings (SSSR count). The fourth-order valence-electron chi connectivity index (χ4n) is 3.43. The molecule has 0 bridgehead atoms. The molecule has 0 aliphatic heterocycles. The zero-order valence-electron chi connectivity index (χ0n) is 20.1. The van der Waals surface area contributed by atoms with Crippen LogP contribution in [0, 0.1) is 0 Å². The molecule has 0 spiro atoms. The Balaban J connectivity index is 1.76. The number of hydrogen-bond acceptors (Lipinski definition) is 3. The van der Waals surface area contributed by atoms with E-state index in [0.29, 0.717) is 12.4 Å². The number of aryl methyl sites for hydroxylation is 1. The van der Waals surface area contributed by atoms with Crippen molar-refractivity contribution in [2.24, 2.45) is 0 Å². The summed E-state index contributed by atoms with van der Waals surface area (Å²) in [6.07, 6.45) is 0.808. The monoisotopic (exact) mass is 447 g/mol. The highest BCUT2D eigenvalue weighted by atomic mass is 16.2. The number of para-hydroxylation sites is 2. The molecule has 7 heteroatoms. The van der Waals surface area contributed by atoms with Crippen molar-refractivity contribution in [3.8, 4) is 5.69 Å². The van der Waals surface area contributed by atoms with Gasteiger partial charge < -0.3 is 15.5 Å². The van der Waals surface area contributed by atoms with Crippen molar-refractivity contribution in [3.63, 3.8) is 0 Å². The Hall–Kier alpha value is -3.61. The number of urea groups is 1. The van der Waals surface area contributed by atoms with E-state index in [1.54, 1.807) is 4.68 Å². The van der Waals surface area contributed by atoms with E-state index in [1.165, 1.54) is 4.90 Å². The first-order valence-electron chi connectivity index (χ1n) is 11.3. The zero-order valence-corrected chi connectivity index (χ0v) is 20.1. The number of aromatic nitrogens is 2. The van der Waals surface area contributed by atoms with E-state index in [-0.39, 0.29) is 23.9 Å². The van der Waals surface area contributed by atoms with Crippen LogP contribution in [0.15, 0.2) is 60.7 Å². The van der Waals surface area contributed by atoms with Crippen molar-refractivity contribution in [1.82, 2.24) is 14.7 Å². The van der Waals surface area contributed by atoms with Gasteiger partial charge in [-0.1, -0.05) is 64.1 Å². The highest BCUT2D eigenvalue weighted by Gasteiger charge is 2.23. The summed E-state index contributed by atoms with van der Waals surface area (Å²) in [4.78, 5) is 27.3. The molecule has 0 saturated carbocycles. The molecule has 0 saturated heterocycles. The number of carbonyl (C=O) groups is 2. The molecule has 0 radical (unpaired) electrons. The molecule has 174 valence electrons. The van der Waals surface area contributed by atoms with E-state index in [9.17, 15) is 9.59 Å². The molecule has 0 unspecified atom stereocenters. The maximum Gasteiger partial charge on any atom is 0.322 e. The Morgan fingerprint density at radius 2 is 1.64 bits per heavy atom. The average molecular weight is 448 g/mol. The van der Waals surface area contributed by atoms with Gasteiger partial charge >= 0.3 is 6.03 Å². The van der Waals surface area contributed by atoms with Gasteiger partial charge in [0.1, 0.15) is 12.4 Å². The van der Waals surface area contributed by atoms with Crippen LogP contribution in [0.25, 0.3) is 5.69 Å². The molecule has 1 heterocycles. The van der Waals surface area contributed by atoms with Gasteiger partial charge in [0.2, 0.25) is 5.91 Å². The van der Waals surface area contributed by atoms with Gasteiger partial charge in [0.15, 0.2) is 0 Å². The molecule has 0 aliphatic rings. The number of carbonyl (C=O) groups excluding carboxylic acids is 2. The summed E-state index contributed by atoms with van der Waals surface area (Å²) < 4.78 is 1.73. The van der Waals surface area contributed by atoms with Crippen LogP contribution in [-0.4, -0.2) is 39.7 Å². The molecular weight excluding hydrogens is 414 g/mol. The van der Waals surface area contributed by atoms with E-state index in [4.69, 9.17) is 5.10 Å². The molecule has 33 heavy (non-hydrogen) atoms. The van der Waals surface area contributed by atoms with Crippen molar-refractivity contribution in [2.75, 3.05) is 23.7 Å². The number of amides is 3. The molecule has 0 fully saturated rings. The van der Waals surface area contributed by atoms with Crippen molar-refractivity contribution in [1.29, 1.82) is 0 Å². The minimum atomic E-state index is -0.305. The summed E-state index contributed by atoms with van der Waals surface area (Å²) >= 11 is 0. The molecule has 2 N–H and O–H groups in total. The van der Waals surface area contributed by atoms with Gasteiger partial charge in [0, 0.05) is 23.7 Å². The number of benzene rings is 2. The maximum atomic E-state index is 12.9. The lowest BCUT2D eigenvalue weighted by Crippen LogP contribution is -2.40. The summed E-state index contributed by atoms with van der Waals surface area (Å²) in [5.41, 5.74) is 3.35. The molecule has 7 nitrogen and oxygen atoms in total. The number of rotatable bonds is 7. The van der Waals surface area contributed by atoms with Crippen molar-refractivity contribution in [3.05, 3.63) is 71.9 Å². The van der Waals surface area contributed by atoms with Crippen LogP contribution in [0.5, 0.6) is 0 Å². The lowest BCUT2D eigenvalue weighted by atomic mass is 9.92. The number of hydrogen-bond donors (Lipinski definition) is 2. The normalized spacial score (nSPS) is 11.2. The van der Waals surface area contributed by atoms with E-state index in [0.717, 1.165) is 29.1 Å². The third-order valence-electron chi connectivity index (χ3n) is 5.39. The number of nitrogens with one attached hydrogen (secondary N) is 2. The SMILES string of the molecule is CCc1ccccc1NC(=O)N(CC)CC(=O)Nc1cc(C(C)(C)C)nn1-c1ccccc1. The van der Waals surface area contributed by atoms with Crippen LogP contribution >= 0.6 is 0 Å². The average Bonchev–Trinajstić information content (AvgIpc) is 3.22. The van der Waals surface area contributed by atoms with Gasteiger partial charge in [-0.15, -0.1) is 0 Å². The van der Waals surface area contributed by atoms with Gasteiger partial charge in [-0.2, -0.15) is 5.10 Å². The Morgan fingerprint density at radius 3 is 2.27 bits per heavy atom. The molecule has 3 amide bonds. The van der Waals surface area contributed by atoms with Gasteiger partial charge in [-0.05, 0) is 37.1 Å². The number of nitrogens with zero attached hydrogens (tertiary/aromatic N) is 3. The number of anilines is 2. The third kappa shape index (κ3) is 6.00.